The van der Waals surface area contributed by atoms with Gasteiger partial charge in [-0.05, 0) is 43.4 Å². The Morgan fingerprint density at radius 3 is 2.00 bits per heavy atom. The molecule has 20 heavy (non-hydrogen) atoms. The second-order valence-corrected chi connectivity index (χ2v) is 6.99. The number of hydrogen-bond acceptors (Lipinski definition) is 2. The number of hydrogen-bond donors (Lipinski definition) is 2. The number of alkyl halides is 3. The standard InChI is InChI=1S/C14H23F3O3/c1-12(2,3)9-4-6-13(7-5-9,11(19)20)8-10(18)14(15,16)17/h9-10,18H,4-8H2,1-3H3,(H,19,20). The molecule has 0 aromatic heterocycles. The maximum absolute atomic E-state index is 12.5. The van der Waals surface area contributed by atoms with Crippen molar-refractivity contribution < 1.29 is 28.2 Å². The summed E-state index contributed by atoms with van der Waals surface area (Å²) in [6.45, 7) is 6.15. The van der Waals surface area contributed by atoms with Crippen LogP contribution in [0, 0.1) is 16.7 Å². The molecule has 0 aromatic carbocycles. The van der Waals surface area contributed by atoms with Gasteiger partial charge in [0.2, 0.25) is 0 Å². The number of carboxylic acid groups (broad SMARTS) is 1. The smallest absolute Gasteiger partial charge is 0.414 e. The molecule has 1 fully saturated rings. The number of aliphatic carboxylic acids is 1. The van der Waals surface area contributed by atoms with Crippen LogP contribution >= 0.6 is 0 Å². The van der Waals surface area contributed by atoms with E-state index < -0.39 is 30.1 Å². The Bertz CT molecular complexity index is 350. The van der Waals surface area contributed by atoms with E-state index in [0.717, 1.165) is 0 Å². The summed E-state index contributed by atoms with van der Waals surface area (Å²) < 4.78 is 37.4. The van der Waals surface area contributed by atoms with Gasteiger partial charge in [-0.1, -0.05) is 20.8 Å². The molecule has 2 N–H and O–H groups in total. The molecule has 0 saturated heterocycles. The molecule has 1 saturated carbocycles. The van der Waals surface area contributed by atoms with Gasteiger partial charge in [0.25, 0.3) is 0 Å². The van der Waals surface area contributed by atoms with Crippen molar-refractivity contribution in [3.05, 3.63) is 0 Å². The largest absolute Gasteiger partial charge is 0.481 e. The second kappa shape index (κ2) is 5.54. The molecule has 0 amide bonds. The highest BCUT2D eigenvalue weighted by Crippen LogP contribution is 2.48. The summed E-state index contributed by atoms with van der Waals surface area (Å²) in [5.74, 6) is -0.925. The third-order valence-electron chi connectivity index (χ3n) is 4.58. The normalized spacial score (nSPS) is 30.1. The lowest BCUT2D eigenvalue weighted by Gasteiger charge is -2.42. The number of carbonyl (C=O) groups is 1. The van der Waals surface area contributed by atoms with Crippen LogP contribution in [0.3, 0.4) is 0 Å². The van der Waals surface area contributed by atoms with E-state index in [9.17, 15) is 28.2 Å². The quantitative estimate of drug-likeness (QED) is 0.836. The van der Waals surface area contributed by atoms with Gasteiger partial charge >= 0.3 is 12.1 Å². The average Bonchev–Trinajstić information content (AvgIpc) is 2.26. The van der Waals surface area contributed by atoms with Gasteiger partial charge in [0, 0.05) is 0 Å². The zero-order valence-corrected chi connectivity index (χ0v) is 12.1. The van der Waals surface area contributed by atoms with Crippen LogP contribution in [0.4, 0.5) is 13.2 Å². The Labute approximate surface area is 117 Å². The zero-order chi connectivity index (χ0) is 15.8. The third kappa shape index (κ3) is 3.87. The highest BCUT2D eigenvalue weighted by Gasteiger charge is 2.50. The molecular weight excluding hydrogens is 273 g/mol. The fourth-order valence-electron chi connectivity index (χ4n) is 3.03. The molecule has 0 radical (unpaired) electrons. The fraction of sp³-hybridized carbons (Fsp3) is 0.929. The minimum Gasteiger partial charge on any atom is -0.481 e. The first-order valence-corrected chi connectivity index (χ1v) is 6.87. The van der Waals surface area contributed by atoms with Crippen LogP contribution in [0.15, 0.2) is 0 Å². The van der Waals surface area contributed by atoms with Crippen LogP contribution in [0.2, 0.25) is 0 Å². The highest BCUT2D eigenvalue weighted by molar-refractivity contribution is 5.74. The number of carboxylic acids is 1. The minimum absolute atomic E-state index is 0.0211. The van der Waals surface area contributed by atoms with Crippen LogP contribution < -0.4 is 0 Å². The van der Waals surface area contributed by atoms with E-state index in [2.05, 4.69) is 20.8 Å². The third-order valence-corrected chi connectivity index (χ3v) is 4.58. The first-order valence-electron chi connectivity index (χ1n) is 6.87. The summed E-state index contributed by atoms with van der Waals surface area (Å²) in [6, 6.07) is 0. The lowest BCUT2D eigenvalue weighted by Crippen LogP contribution is -2.43. The predicted molar refractivity (Wildman–Crippen MR) is 68.2 cm³/mol. The van der Waals surface area contributed by atoms with E-state index in [1.54, 1.807) is 0 Å². The van der Waals surface area contributed by atoms with Crippen molar-refractivity contribution in [2.24, 2.45) is 16.7 Å². The minimum atomic E-state index is -4.76. The molecule has 1 atom stereocenters. The lowest BCUT2D eigenvalue weighted by atomic mass is 9.62. The highest BCUT2D eigenvalue weighted by atomic mass is 19.4. The van der Waals surface area contributed by atoms with Crippen molar-refractivity contribution in [1.82, 2.24) is 0 Å². The maximum atomic E-state index is 12.5. The van der Waals surface area contributed by atoms with Crippen LogP contribution in [0.5, 0.6) is 0 Å². The molecule has 118 valence electrons. The van der Waals surface area contributed by atoms with Gasteiger partial charge in [-0.2, -0.15) is 13.2 Å². The van der Waals surface area contributed by atoms with Gasteiger partial charge in [0.15, 0.2) is 6.10 Å². The lowest BCUT2D eigenvalue weighted by molar-refractivity contribution is -0.216. The molecule has 1 aliphatic carbocycles. The summed E-state index contributed by atoms with van der Waals surface area (Å²) in [7, 11) is 0. The van der Waals surface area contributed by atoms with Crippen molar-refractivity contribution >= 4 is 5.97 Å². The van der Waals surface area contributed by atoms with E-state index >= 15 is 0 Å². The van der Waals surface area contributed by atoms with E-state index in [1.165, 1.54) is 0 Å². The number of halogens is 3. The summed E-state index contributed by atoms with van der Waals surface area (Å²) >= 11 is 0. The molecule has 1 unspecified atom stereocenters. The molecular formula is C14H23F3O3. The zero-order valence-electron chi connectivity index (χ0n) is 12.1. The van der Waals surface area contributed by atoms with E-state index in [-0.39, 0.29) is 18.3 Å². The number of rotatable bonds is 3. The summed E-state index contributed by atoms with van der Waals surface area (Å²) in [6.07, 6.45) is -6.52. The number of aliphatic hydroxyl groups excluding tert-OH is 1. The Morgan fingerprint density at radius 2 is 1.70 bits per heavy atom. The van der Waals surface area contributed by atoms with Crippen LogP contribution in [-0.2, 0) is 4.79 Å². The van der Waals surface area contributed by atoms with Gasteiger partial charge < -0.3 is 10.2 Å². The second-order valence-electron chi connectivity index (χ2n) is 6.99. The monoisotopic (exact) mass is 296 g/mol. The van der Waals surface area contributed by atoms with Gasteiger partial charge in [-0.25, -0.2) is 0 Å². The van der Waals surface area contributed by atoms with Gasteiger partial charge in [0.1, 0.15) is 0 Å². The van der Waals surface area contributed by atoms with Gasteiger partial charge in [-0.15, -0.1) is 0 Å². The molecule has 3 nitrogen and oxygen atoms in total. The maximum Gasteiger partial charge on any atom is 0.414 e. The molecule has 0 aromatic rings. The topological polar surface area (TPSA) is 57.5 Å². The van der Waals surface area contributed by atoms with Crippen molar-refractivity contribution in [3.63, 3.8) is 0 Å². The average molecular weight is 296 g/mol. The van der Waals surface area contributed by atoms with Crippen molar-refractivity contribution in [1.29, 1.82) is 0 Å². The fourth-order valence-corrected chi connectivity index (χ4v) is 3.03. The molecule has 6 heteroatoms. The van der Waals surface area contributed by atoms with E-state index in [1.807, 2.05) is 0 Å². The Hall–Kier alpha value is -0.780. The Morgan fingerprint density at radius 1 is 1.25 bits per heavy atom. The molecule has 1 rings (SSSR count). The van der Waals surface area contributed by atoms with Crippen LogP contribution in [0.1, 0.15) is 52.9 Å². The van der Waals surface area contributed by atoms with Crippen LogP contribution in [0.25, 0.3) is 0 Å². The molecule has 0 spiro atoms. The molecule has 0 aliphatic heterocycles. The SMILES string of the molecule is CC(C)(C)C1CCC(CC(O)C(F)(F)F)(C(=O)O)CC1. The Kier molecular flexibility index (Phi) is 4.79. The first kappa shape index (κ1) is 17.3. The summed E-state index contributed by atoms with van der Waals surface area (Å²) in [5, 5.41) is 18.5. The first-order chi connectivity index (χ1) is 8.88. The molecule has 1 aliphatic rings. The number of aliphatic hydroxyl groups is 1. The van der Waals surface area contributed by atoms with Crippen molar-refractivity contribution in [3.8, 4) is 0 Å². The van der Waals surface area contributed by atoms with Crippen molar-refractivity contribution in [2.75, 3.05) is 0 Å². The summed E-state index contributed by atoms with van der Waals surface area (Å²) in [4.78, 5) is 11.4. The predicted octanol–water partition coefficient (Wildman–Crippen LogP) is 3.61. The summed E-state index contributed by atoms with van der Waals surface area (Å²) in [5.41, 5.74) is -1.43. The van der Waals surface area contributed by atoms with E-state index in [0.29, 0.717) is 18.8 Å². The van der Waals surface area contributed by atoms with Crippen LogP contribution in [-0.4, -0.2) is 28.5 Å². The molecule has 0 bridgehead atoms. The van der Waals surface area contributed by atoms with Gasteiger partial charge in [0.05, 0.1) is 5.41 Å². The Balaban J connectivity index is 2.80. The van der Waals surface area contributed by atoms with Crippen molar-refractivity contribution in [2.45, 2.75) is 65.2 Å². The van der Waals surface area contributed by atoms with Gasteiger partial charge in [-0.3, -0.25) is 4.79 Å². The van der Waals surface area contributed by atoms with E-state index in [4.69, 9.17) is 0 Å². The molecule has 0 heterocycles.